The Balaban J connectivity index is 2.66. The zero-order chi connectivity index (χ0) is 10.8. The molecule has 1 aromatic rings. The van der Waals surface area contributed by atoms with Gasteiger partial charge in [0.2, 0.25) is 0 Å². The van der Waals surface area contributed by atoms with E-state index in [2.05, 4.69) is 10.4 Å². The van der Waals surface area contributed by atoms with E-state index in [4.69, 9.17) is 0 Å². The lowest BCUT2D eigenvalue weighted by Crippen LogP contribution is -2.45. The van der Waals surface area contributed by atoms with Gasteiger partial charge in [-0.1, -0.05) is 0 Å². The number of likely N-dealkylation sites (N-methyl/N-ethyl adjacent to an activating group) is 1. The van der Waals surface area contributed by atoms with Crippen LogP contribution < -0.4 is 5.32 Å². The van der Waals surface area contributed by atoms with Crippen LogP contribution in [0.15, 0.2) is 12.3 Å². The molecular weight excluding hydrogens is 178 g/mol. The van der Waals surface area contributed by atoms with E-state index in [0.29, 0.717) is 6.42 Å². The third kappa shape index (κ3) is 2.42. The molecule has 14 heavy (non-hydrogen) atoms. The molecule has 0 aliphatic carbocycles. The summed E-state index contributed by atoms with van der Waals surface area (Å²) >= 11 is 0. The number of carbonyl (C=O) groups excluding carboxylic acids is 1. The van der Waals surface area contributed by atoms with Gasteiger partial charge in [-0.3, -0.25) is 9.48 Å². The van der Waals surface area contributed by atoms with Crippen LogP contribution in [0.5, 0.6) is 0 Å². The summed E-state index contributed by atoms with van der Waals surface area (Å²) < 4.78 is 1.70. The Morgan fingerprint density at radius 1 is 1.64 bits per heavy atom. The van der Waals surface area contributed by atoms with Gasteiger partial charge in [-0.05, 0) is 27.0 Å². The Kier molecular flexibility index (Phi) is 3.06. The highest BCUT2D eigenvalue weighted by Crippen LogP contribution is 2.07. The SMILES string of the molecule is CNC(C)(C)C(=O)Cc1ccn(C)n1. The third-order valence-corrected chi connectivity index (χ3v) is 2.43. The first kappa shape index (κ1) is 10.9. The molecule has 0 saturated heterocycles. The summed E-state index contributed by atoms with van der Waals surface area (Å²) in [4.78, 5) is 11.8. The van der Waals surface area contributed by atoms with E-state index in [1.54, 1.807) is 11.7 Å². The van der Waals surface area contributed by atoms with Crippen molar-refractivity contribution in [1.82, 2.24) is 15.1 Å². The average molecular weight is 195 g/mol. The van der Waals surface area contributed by atoms with E-state index in [9.17, 15) is 4.79 Å². The van der Waals surface area contributed by atoms with Crippen LogP contribution in [0.3, 0.4) is 0 Å². The minimum Gasteiger partial charge on any atom is -0.308 e. The minimum atomic E-state index is -0.475. The van der Waals surface area contributed by atoms with E-state index < -0.39 is 5.54 Å². The van der Waals surface area contributed by atoms with Crippen LogP contribution in [0.1, 0.15) is 19.5 Å². The van der Waals surface area contributed by atoms with Gasteiger partial charge in [0.1, 0.15) is 0 Å². The van der Waals surface area contributed by atoms with E-state index in [-0.39, 0.29) is 5.78 Å². The molecule has 0 aromatic carbocycles. The Labute approximate surface area is 84.3 Å². The molecule has 4 nitrogen and oxygen atoms in total. The van der Waals surface area contributed by atoms with Gasteiger partial charge in [-0.25, -0.2) is 0 Å². The maximum atomic E-state index is 11.8. The first-order chi connectivity index (χ1) is 6.45. The van der Waals surface area contributed by atoms with Crippen LogP contribution in [-0.2, 0) is 18.3 Å². The number of hydrogen-bond donors (Lipinski definition) is 1. The molecule has 0 saturated carbocycles. The molecule has 1 aromatic heterocycles. The molecule has 0 unspecified atom stereocenters. The van der Waals surface area contributed by atoms with Crippen molar-refractivity contribution in [2.75, 3.05) is 7.05 Å². The van der Waals surface area contributed by atoms with E-state index in [1.165, 1.54) is 0 Å². The maximum absolute atomic E-state index is 11.8. The second-order valence-corrected chi connectivity index (χ2v) is 3.96. The van der Waals surface area contributed by atoms with Gasteiger partial charge in [0.25, 0.3) is 0 Å². The summed E-state index contributed by atoms with van der Waals surface area (Å²) in [5.74, 6) is 0.152. The second kappa shape index (κ2) is 3.92. The zero-order valence-corrected chi connectivity index (χ0v) is 9.16. The molecule has 0 atom stereocenters. The summed E-state index contributed by atoms with van der Waals surface area (Å²) in [7, 11) is 3.63. The Hall–Kier alpha value is -1.16. The van der Waals surface area contributed by atoms with E-state index in [1.807, 2.05) is 33.2 Å². The quantitative estimate of drug-likeness (QED) is 0.762. The van der Waals surface area contributed by atoms with Crippen LogP contribution in [0.25, 0.3) is 0 Å². The van der Waals surface area contributed by atoms with Crippen molar-refractivity contribution >= 4 is 5.78 Å². The first-order valence-electron chi connectivity index (χ1n) is 4.66. The lowest BCUT2D eigenvalue weighted by atomic mass is 9.96. The molecule has 1 heterocycles. The fourth-order valence-corrected chi connectivity index (χ4v) is 1.08. The summed E-state index contributed by atoms with van der Waals surface area (Å²) in [5.41, 5.74) is 0.346. The van der Waals surface area contributed by atoms with Gasteiger partial charge in [-0.2, -0.15) is 5.10 Å². The maximum Gasteiger partial charge on any atom is 0.158 e. The Bertz CT molecular complexity index is 328. The van der Waals surface area contributed by atoms with Crippen LogP contribution in [0.4, 0.5) is 0 Å². The summed E-state index contributed by atoms with van der Waals surface area (Å²) in [5, 5.41) is 7.15. The molecular formula is C10H17N3O. The summed E-state index contributed by atoms with van der Waals surface area (Å²) in [6.07, 6.45) is 2.23. The topological polar surface area (TPSA) is 46.9 Å². The number of nitrogens with zero attached hydrogens (tertiary/aromatic N) is 2. The van der Waals surface area contributed by atoms with E-state index in [0.717, 1.165) is 5.69 Å². The molecule has 78 valence electrons. The van der Waals surface area contributed by atoms with Crippen molar-refractivity contribution in [3.63, 3.8) is 0 Å². The molecule has 1 N–H and O–H groups in total. The lowest BCUT2D eigenvalue weighted by molar-refractivity contribution is -0.123. The summed E-state index contributed by atoms with van der Waals surface area (Å²) in [6, 6.07) is 1.86. The van der Waals surface area contributed by atoms with Crippen LogP contribution in [0, 0.1) is 0 Å². The van der Waals surface area contributed by atoms with Crippen LogP contribution >= 0.6 is 0 Å². The smallest absolute Gasteiger partial charge is 0.158 e. The normalized spacial score (nSPS) is 11.7. The molecule has 0 aliphatic heterocycles. The fourth-order valence-electron chi connectivity index (χ4n) is 1.08. The minimum absolute atomic E-state index is 0.152. The lowest BCUT2D eigenvalue weighted by Gasteiger charge is -2.21. The van der Waals surface area contributed by atoms with Gasteiger partial charge in [0, 0.05) is 13.2 Å². The number of carbonyl (C=O) groups is 1. The molecule has 0 radical (unpaired) electrons. The molecule has 4 heteroatoms. The zero-order valence-electron chi connectivity index (χ0n) is 9.16. The second-order valence-electron chi connectivity index (χ2n) is 3.96. The van der Waals surface area contributed by atoms with Crippen molar-refractivity contribution in [1.29, 1.82) is 0 Å². The molecule has 0 fully saturated rings. The monoisotopic (exact) mass is 195 g/mol. The number of nitrogens with one attached hydrogen (secondary N) is 1. The van der Waals surface area contributed by atoms with Crippen LogP contribution in [0.2, 0.25) is 0 Å². The van der Waals surface area contributed by atoms with Crippen LogP contribution in [-0.4, -0.2) is 28.2 Å². The molecule has 0 amide bonds. The van der Waals surface area contributed by atoms with Gasteiger partial charge < -0.3 is 5.32 Å². The molecule has 0 aliphatic rings. The number of ketones is 1. The first-order valence-corrected chi connectivity index (χ1v) is 4.66. The highest BCUT2D eigenvalue weighted by atomic mass is 16.1. The van der Waals surface area contributed by atoms with Gasteiger partial charge in [0.05, 0.1) is 17.7 Å². The van der Waals surface area contributed by atoms with E-state index >= 15 is 0 Å². The number of aromatic nitrogens is 2. The van der Waals surface area contributed by atoms with Gasteiger partial charge in [-0.15, -0.1) is 0 Å². The molecule has 0 bridgehead atoms. The van der Waals surface area contributed by atoms with Gasteiger partial charge in [0.15, 0.2) is 5.78 Å². The number of Topliss-reactive ketones (excluding diaryl/α,β-unsaturated/α-hetero) is 1. The standard InChI is InChI=1S/C10H17N3O/c1-10(2,11-3)9(14)7-8-5-6-13(4)12-8/h5-6,11H,7H2,1-4H3. The fraction of sp³-hybridized carbons (Fsp3) is 0.600. The third-order valence-electron chi connectivity index (χ3n) is 2.43. The molecule has 0 spiro atoms. The van der Waals surface area contributed by atoms with Crippen molar-refractivity contribution in [3.05, 3.63) is 18.0 Å². The number of rotatable bonds is 4. The Morgan fingerprint density at radius 3 is 2.71 bits per heavy atom. The highest BCUT2D eigenvalue weighted by Gasteiger charge is 2.25. The average Bonchev–Trinajstić information content (AvgIpc) is 2.51. The Morgan fingerprint density at radius 2 is 2.29 bits per heavy atom. The van der Waals surface area contributed by atoms with Crippen molar-refractivity contribution < 1.29 is 4.79 Å². The van der Waals surface area contributed by atoms with Crippen molar-refractivity contribution in [3.8, 4) is 0 Å². The number of hydrogen-bond acceptors (Lipinski definition) is 3. The largest absolute Gasteiger partial charge is 0.308 e. The highest BCUT2D eigenvalue weighted by molar-refractivity contribution is 5.89. The van der Waals surface area contributed by atoms with Gasteiger partial charge >= 0.3 is 0 Å². The predicted molar refractivity (Wildman–Crippen MR) is 55.1 cm³/mol. The molecule has 1 rings (SSSR count). The number of aryl methyl sites for hydroxylation is 1. The van der Waals surface area contributed by atoms with Crippen molar-refractivity contribution in [2.24, 2.45) is 7.05 Å². The summed E-state index contributed by atoms with van der Waals surface area (Å²) in [6.45, 7) is 3.75. The predicted octanol–water partition coefficient (Wildman–Crippen LogP) is 0.530. The van der Waals surface area contributed by atoms with Crippen molar-refractivity contribution in [2.45, 2.75) is 25.8 Å².